The molecule has 0 saturated carbocycles. The molecule has 2 heterocycles. The molecule has 1 N–H and O–H groups in total. The summed E-state index contributed by atoms with van der Waals surface area (Å²) in [6.45, 7) is 3.96. The molecule has 0 atom stereocenters. The number of benzene rings is 1. The van der Waals surface area contributed by atoms with Gasteiger partial charge in [0.05, 0.1) is 10.6 Å². The lowest BCUT2D eigenvalue weighted by atomic mass is 9.99. The minimum atomic E-state index is -0.0436. The number of pyridine rings is 1. The van der Waals surface area contributed by atoms with Gasteiger partial charge in [0.15, 0.2) is 5.78 Å². The van der Waals surface area contributed by atoms with E-state index in [0.29, 0.717) is 27.2 Å². The fourth-order valence-corrected chi connectivity index (χ4v) is 2.70. The normalized spacial score (nSPS) is 10.9. The number of hydrogen-bond acceptors (Lipinski definition) is 2. The van der Waals surface area contributed by atoms with Gasteiger partial charge in [-0.25, -0.2) is 4.98 Å². The predicted octanol–water partition coefficient (Wildman–Crippen LogP) is 4.06. The molecule has 3 nitrogen and oxygen atoms in total. The molecule has 0 bridgehead atoms. The molecule has 0 unspecified atom stereocenters. The lowest BCUT2D eigenvalue weighted by Crippen LogP contribution is -2.01. The summed E-state index contributed by atoms with van der Waals surface area (Å²) in [7, 11) is 0. The zero-order valence-electron chi connectivity index (χ0n) is 11.2. The topological polar surface area (TPSA) is 45.8 Å². The number of halogens is 1. The smallest absolute Gasteiger partial charge is 0.195 e. The van der Waals surface area contributed by atoms with E-state index < -0.39 is 0 Å². The molecule has 0 spiro atoms. The molecule has 2 aromatic heterocycles. The number of rotatable bonds is 2. The molecule has 4 heteroatoms. The van der Waals surface area contributed by atoms with Crippen LogP contribution in [-0.2, 0) is 0 Å². The van der Waals surface area contributed by atoms with Crippen molar-refractivity contribution in [3.05, 3.63) is 63.9 Å². The number of carbonyl (C=O) groups is 1. The Balaban J connectivity index is 2.18. The maximum absolute atomic E-state index is 12.7. The quantitative estimate of drug-likeness (QED) is 0.721. The highest BCUT2D eigenvalue weighted by molar-refractivity contribution is 6.37. The van der Waals surface area contributed by atoms with Crippen LogP contribution in [0.1, 0.15) is 27.0 Å². The summed E-state index contributed by atoms with van der Waals surface area (Å²) in [6, 6.07) is 7.51. The summed E-state index contributed by atoms with van der Waals surface area (Å²) >= 11 is 6.19. The van der Waals surface area contributed by atoms with Gasteiger partial charge in [0.25, 0.3) is 0 Å². The maximum Gasteiger partial charge on any atom is 0.195 e. The average molecular weight is 285 g/mol. The lowest BCUT2D eigenvalue weighted by molar-refractivity contribution is 0.104. The van der Waals surface area contributed by atoms with Crippen molar-refractivity contribution in [2.45, 2.75) is 13.8 Å². The molecule has 100 valence electrons. The molecule has 0 aliphatic heterocycles. The van der Waals surface area contributed by atoms with E-state index in [0.717, 1.165) is 11.1 Å². The van der Waals surface area contributed by atoms with Gasteiger partial charge in [-0.15, -0.1) is 0 Å². The number of aromatic amines is 1. The van der Waals surface area contributed by atoms with Gasteiger partial charge < -0.3 is 4.98 Å². The Morgan fingerprint density at radius 1 is 1.20 bits per heavy atom. The van der Waals surface area contributed by atoms with Gasteiger partial charge >= 0.3 is 0 Å². The largest absolute Gasteiger partial charge is 0.345 e. The Hall–Kier alpha value is -2.13. The Morgan fingerprint density at radius 3 is 2.60 bits per heavy atom. The van der Waals surface area contributed by atoms with Gasteiger partial charge in [0, 0.05) is 23.3 Å². The van der Waals surface area contributed by atoms with Crippen LogP contribution in [-0.4, -0.2) is 15.8 Å². The second-order valence-corrected chi connectivity index (χ2v) is 5.33. The van der Waals surface area contributed by atoms with Crippen LogP contribution in [0.25, 0.3) is 11.0 Å². The van der Waals surface area contributed by atoms with Gasteiger partial charge in [0.2, 0.25) is 0 Å². The number of nitrogens with zero attached hydrogens (tertiary/aromatic N) is 1. The Labute approximate surface area is 121 Å². The van der Waals surface area contributed by atoms with Crippen LogP contribution in [0.2, 0.25) is 5.02 Å². The zero-order valence-corrected chi connectivity index (χ0v) is 12.0. The average Bonchev–Trinajstić information content (AvgIpc) is 2.82. The number of nitrogens with one attached hydrogen (secondary N) is 1. The van der Waals surface area contributed by atoms with Crippen molar-refractivity contribution in [3.63, 3.8) is 0 Å². The number of carbonyl (C=O) groups excluding carboxylic acids is 1. The first-order valence-corrected chi connectivity index (χ1v) is 6.68. The molecular formula is C16H13ClN2O. The third-order valence-electron chi connectivity index (χ3n) is 3.25. The maximum atomic E-state index is 12.7. The highest BCUT2D eigenvalue weighted by Gasteiger charge is 2.17. The predicted molar refractivity (Wildman–Crippen MR) is 80.5 cm³/mol. The van der Waals surface area contributed by atoms with E-state index in [1.165, 1.54) is 0 Å². The van der Waals surface area contributed by atoms with Crippen molar-refractivity contribution < 1.29 is 4.79 Å². The zero-order chi connectivity index (χ0) is 14.3. The Bertz CT molecular complexity index is 800. The molecule has 0 saturated heterocycles. The number of aromatic nitrogens is 2. The molecule has 0 amide bonds. The fourth-order valence-electron chi connectivity index (χ4n) is 2.46. The van der Waals surface area contributed by atoms with Crippen LogP contribution in [0.3, 0.4) is 0 Å². The number of H-pyrrole nitrogens is 1. The molecule has 0 fully saturated rings. The standard InChI is InChI=1S/C16H13ClN2O/c1-9-5-10(2)7-11(6-9)15(20)12-8-19-16-14(12)13(17)3-4-18-16/h3-8H,1-2H3,(H,18,19). The summed E-state index contributed by atoms with van der Waals surface area (Å²) in [6.07, 6.45) is 3.29. The minimum Gasteiger partial charge on any atom is -0.345 e. The van der Waals surface area contributed by atoms with Crippen LogP contribution in [0, 0.1) is 13.8 Å². The fraction of sp³-hybridized carbons (Fsp3) is 0.125. The summed E-state index contributed by atoms with van der Waals surface area (Å²) in [5.41, 5.74) is 3.99. The minimum absolute atomic E-state index is 0.0436. The van der Waals surface area contributed by atoms with E-state index in [4.69, 9.17) is 11.6 Å². The van der Waals surface area contributed by atoms with Crippen molar-refractivity contribution in [3.8, 4) is 0 Å². The summed E-state index contributed by atoms with van der Waals surface area (Å²) < 4.78 is 0. The first-order chi connectivity index (χ1) is 9.56. The number of fused-ring (bicyclic) bond motifs is 1. The van der Waals surface area contributed by atoms with Gasteiger partial charge in [-0.2, -0.15) is 0 Å². The third kappa shape index (κ3) is 2.10. The highest BCUT2D eigenvalue weighted by atomic mass is 35.5. The summed E-state index contributed by atoms with van der Waals surface area (Å²) in [4.78, 5) is 19.8. The van der Waals surface area contributed by atoms with Crippen molar-refractivity contribution in [2.75, 3.05) is 0 Å². The molecule has 1 aromatic carbocycles. The molecule has 20 heavy (non-hydrogen) atoms. The van der Waals surface area contributed by atoms with Gasteiger partial charge in [0.1, 0.15) is 5.65 Å². The number of aryl methyl sites for hydroxylation is 2. The Morgan fingerprint density at radius 2 is 1.90 bits per heavy atom. The molecular weight excluding hydrogens is 272 g/mol. The number of ketones is 1. The van der Waals surface area contributed by atoms with Gasteiger partial charge in [-0.3, -0.25) is 4.79 Å². The second-order valence-electron chi connectivity index (χ2n) is 4.92. The summed E-state index contributed by atoms with van der Waals surface area (Å²) in [5.74, 6) is -0.0436. The lowest BCUT2D eigenvalue weighted by Gasteiger charge is -2.04. The first-order valence-electron chi connectivity index (χ1n) is 6.31. The second kappa shape index (κ2) is 4.76. The van der Waals surface area contributed by atoms with Crippen LogP contribution in [0.15, 0.2) is 36.7 Å². The van der Waals surface area contributed by atoms with Crippen LogP contribution >= 0.6 is 11.6 Å². The molecule has 0 aliphatic rings. The third-order valence-corrected chi connectivity index (χ3v) is 3.57. The van der Waals surface area contributed by atoms with E-state index in [-0.39, 0.29) is 5.78 Å². The molecule has 3 aromatic rings. The molecule has 3 rings (SSSR count). The van der Waals surface area contributed by atoms with Gasteiger partial charge in [-0.1, -0.05) is 28.8 Å². The first kappa shape index (κ1) is 12.9. The van der Waals surface area contributed by atoms with E-state index in [1.54, 1.807) is 18.5 Å². The van der Waals surface area contributed by atoms with Crippen LogP contribution < -0.4 is 0 Å². The van der Waals surface area contributed by atoms with E-state index in [2.05, 4.69) is 9.97 Å². The monoisotopic (exact) mass is 284 g/mol. The van der Waals surface area contributed by atoms with Crippen LogP contribution in [0.4, 0.5) is 0 Å². The SMILES string of the molecule is Cc1cc(C)cc(C(=O)c2c[nH]c3nccc(Cl)c23)c1. The number of hydrogen-bond donors (Lipinski definition) is 1. The van der Waals surface area contributed by atoms with Crippen molar-refractivity contribution in [1.29, 1.82) is 0 Å². The van der Waals surface area contributed by atoms with Gasteiger partial charge in [-0.05, 0) is 32.0 Å². The van der Waals surface area contributed by atoms with Crippen molar-refractivity contribution >= 4 is 28.4 Å². The molecule has 0 radical (unpaired) electrons. The highest BCUT2D eigenvalue weighted by Crippen LogP contribution is 2.27. The summed E-state index contributed by atoms with van der Waals surface area (Å²) in [5, 5.41) is 1.21. The van der Waals surface area contributed by atoms with E-state index in [1.807, 2.05) is 32.0 Å². The van der Waals surface area contributed by atoms with E-state index in [9.17, 15) is 4.79 Å². The molecule has 0 aliphatic carbocycles. The van der Waals surface area contributed by atoms with Crippen molar-refractivity contribution in [2.24, 2.45) is 0 Å². The van der Waals surface area contributed by atoms with Crippen LogP contribution in [0.5, 0.6) is 0 Å². The van der Waals surface area contributed by atoms with Crippen molar-refractivity contribution in [1.82, 2.24) is 9.97 Å². The van der Waals surface area contributed by atoms with E-state index >= 15 is 0 Å². The Kier molecular flexibility index (Phi) is 3.07.